The molecule has 0 fully saturated rings. The molecule has 0 bridgehead atoms. The third-order valence-corrected chi connectivity index (χ3v) is 4.66. The molecule has 0 unspecified atom stereocenters. The average molecular weight is 389 g/mol. The Labute approximate surface area is 177 Å². The maximum Gasteiger partial charge on any atom is 1.00 e. The molecule has 7 heteroatoms. The zero-order valence-corrected chi connectivity index (χ0v) is 19.3. The molecule has 0 N–H and O–H groups in total. The van der Waals surface area contributed by atoms with Crippen LogP contribution in [0.1, 0.15) is 84.0 Å². The fourth-order valence-corrected chi connectivity index (χ4v) is 2.85. The smallest absolute Gasteiger partial charge is 0.748 e. The van der Waals surface area contributed by atoms with E-state index in [-0.39, 0.29) is 36.2 Å². The zero-order chi connectivity index (χ0) is 17.9. The van der Waals surface area contributed by atoms with Gasteiger partial charge in [0.2, 0.25) is 0 Å². The van der Waals surface area contributed by atoms with Crippen LogP contribution in [0, 0.1) is 0 Å². The number of hydrogen-bond acceptors (Lipinski definition) is 5. The van der Waals surface area contributed by atoms with Crippen LogP contribution in [0.2, 0.25) is 0 Å². The molecule has 0 saturated heterocycles. The maximum atomic E-state index is 10.3. The molecule has 146 valence electrons. The first-order valence-corrected chi connectivity index (χ1v) is 11.2. The van der Waals surface area contributed by atoms with Crippen LogP contribution in [0.3, 0.4) is 0 Å². The Morgan fingerprint density at radius 1 is 0.640 bits per heavy atom. The van der Waals surface area contributed by atoms with Crippen LogP contribution in [0.25, 0.3) is 0 Å². The second kappa shape index (κ2) is 21.1. The number of ether oxygens (including phenoxy) is 2. The molecule has 25 heavy (non-hydrogen) atoms. The molecule has 0 aliphatic rings. The Morgan fingerprint density at radius 3 is 1.48 bits per heavy atom. The molecule has 0 saturated carbocycles. The molecule has 0 aromatic rings. The van der Waals surface area contributed by atoms with Crippen molar-refractivity contribution < 1.29 is 52.0 Å². The molecule has 0 aromatic heterocycles. The van der Waals surface area contributed by atoms with E-state index in [1.165, 1.54) is 70.6 Å². The predicted molar refractivity (Wildman–Crippen MR) is 97.3 cm³/mol. The van der Waals surface area contributed by atoms with Gasteiger partial charge in [0.1, 0.15) is 0 Å². The van der Waals surface area contributed by atoms with Crippen molar-refractivity contribution in [2.75, 3.05) is 32.2 Å². The minimum Gasteiger partial charge on any atom is -0.748 e. The van der Waals surface area contributed by atoms with Gasteiger partial charge < -0.3 is 14.0 Å². The first-order valence-electron chi connectivity index (χ1n) is 9.65. The van der Waals surface area contributed by atoms with E-state index in [4.69, 9.17) is 9.47 Å². The van der Waals surface area contributed by atoms with E-state index in [2.05, 4.69) is 6.92 Å². The molecular weight excluding hydrogens is 351 g/mol. The van der Waals surface area contributed by atoms with Gasteiger partial charge in [0.25, 0.3) is 0 Å². The van der Waals surface area contributed by atoms with Crippen molar-refractivity contribution in [2.24, 2.45) is 0 Å². The van der Waals surface area contributed by atoms with E-state index >= 15 is 0 Å². The summed E-state index contributed by atoms with van der Waals surface area (Å²) in [6.45, 7) is 3.73. The summed E-state index contributed by atoms with van der Waals surface area (Å²) in [5.74, 6) is -0.467. The summed E-state index contributed by atoms with van der Waals surface area (Å²) in [6, 6.07) is 0. The zero-order valence-electron chi connectivity index (χ0n) is 16.5. The molecule has 0 aliphatic carbocycles. The van der Waals surface area contributed by atoms with E-state index in [9.17, 15) is 13.0 Å². The van der Waals surface area contributed by atoms with Gasteiger partial charge in [-0.1, -0.05) is 77.6 Å². The fourth-order valence-electron chi connectivity index (χ4n) is 2.53. The Balaban J connectivity index is 0. The van der Waals surface area contributed by atoms with Crippen molar-refractivity contribution in [3.8, 4) is 0 Å². The molecule has 0 aromatic carbocycles. The van der Waals surface area contributed by atoms with Gasteiger partial charge in [-0.2, -0.15) is 0 Å². The molecule has 0 rings (SSSR count). The topological polar surface area (TPSA) is 75.7 Å². The first-order chi connectivity index (χ1) is 11.6. The van der Waals surface area contributed by atoms with Crippen LogP contribution >= 0.6 is 0 Å². The molecule has 5 nitrogen and oxygen atoms in total. The third kappa shape index (κ3) is 27.2. The van der Waals surface area contributed by atoms with E-state index in [0.717, 1.165) is 13.0 Å². The van der Waals surface area contributed by atoms with Crippen molar-refractivity contribution in [1.29, 1.82) is 0 Å². The molecule has 0 aliphatic heterocycles. The summed E-state index contributed by atoms with van der Waals surface area (Å²) < 4.78 is 41.4. The van der Waals surface area contributed by atoms with Crippen LogP contribution < -0.4 is 29.6 Å². The van der Waals surface area contributed by atoms with Crippen molar-refractivity contribution >= 4 is 10.1 Å². The van der Waals surface area contributed by atoms with Gasteiger partial charge >= 0.3 is 29.6 Å². The Morgan fingerprint density at radius 2 is 1.04 bits per heavy atom. The Kier molecular flexibility index (Phi) is 23.7. The number of hydrogen-bond donors (Lipinski definition) is 0. The molecule has 0 spiro atoms. The quantitative estimate of drug-likeness (QED) is 0.189. The summed E-state index contributed by atoms with van der Waals surface area (Å²) in [7, 11) is -4.16. The normalized spacial score (nSPS) is 11.4. The summed E-state index contributed by atoms with van der Waals surface area (Å²) in [5.41, 5.74) is 0. The summed E-state index contributed by atoms with van der Waals surface area (Å²) >= 11 is 0. The van der Waals surface area contributed by atoms with Crippen LogP contribution in [-0.2, 0) is 19.6 Å². The van der Waals surface area contributed by atoms with Crippen LogP contribution in [0.5, 0.6) is 0 Å². The molecule has 0 amide bonds. The number of unbranched alkanes of at least 4 members (excludes halogenated alkanes) is 11. The summed E-state index contributed by atoms with van der Waals surface area (Å²) in [6.07, 6.45) is 15.9. The number of rotatable bonds is 19. The van der Waals surface area contributed by atoms with Gasteiger partial charge in [0, 0.05) is 6.61 Å². The van der Waals surface area contributed by atoms with Crippen molar-refractivity contribution in [3.63, 3.8) is 0 Å². The van der Waals surface area contributed by atoms with Gasteiger partial charge in [-0.05, 0) is 6.42 Å². The van der Waals surface area contributed by atoms with Gasteiger partial charge in [0.15, 0.2) is 0 Å². The van der Waals surface area contributed by atoms with Gasteiger partial charge in [-0.25, -0.2) is 8.42 Å². The van der Waals surface area contributed by atoms with Crippen LogP contribution in [-0.4, -0.2) is 45.2 Å². The largest absolute Gasteiger partial charge is 1.00 e. The van der Waals surface area contributed by atoms with E-state index in [1.807, 2.05) is 0 Å². The van der Waals surface area contributed by atoms with Crippen molar-refractivity contribution in [3.05, 3.63) is 0 Å². The first kappa shape index (κ1) is 28.0. The summed E-state index contributed by atoms with van der Waals surface area (Å²) in [4.78, 5) is 0. The minimum atomic E-state index is -4.16. The SMILES string of the molecule is CCCCCCCCCCCCCCOCCOCCS(=O)(=O)[O-].[Na+]. The Hall–Kier alpha value is 0.830. The molecule has 0 atom stereocenters. The standard InChI is InChI=1S/C18H38O5S.Na/c1-2-3-4-5-6-7-8-9-10-11-12-13-14-22-15-16-23-17-18-24(19,20)21;/h2-18H2,1H3,(H,19,20,21);/q;+1/p-1. The minimum absolute atomic E-state index is 0. The fraction of sp³-hybridized carbons (Fsp3) is 1.00. The van der Waals surface area contributed by atoms with E-state index in [1.54, 1.807) is 0 Å². The molecule has 0 heterocycles. The van der Waals surface area contributed by atoms with Crippen molar-refractivity contribution in [1.82, 2.24) is 0 Å². The van der Waals surface area contributed by atoms with Gasteiger partial charge in [-0.3, -0.25) is 0 Å². The van der Waals surface area contributed by atoms with Crippen molar-refractivity contribution in [2.45, 2.75) is 84.0 Å². The van der Waals surface area contributed by atoms with E-state index < -0.39 is 15.9 Å². The summed E-state index contributed by atoms with van der Waals surface area (Å²) in [5, 5.41) is 0. The second-order valence-electron chi connectivity index (χ2n) is 6.38. The predicted octanol–water partition coefficient (Wildman–Crippen LogP) is 1.27. The van der Waals surface area contributed by atoms with Crippen LogP contribution in [0.15, 0.2) is 0 Å². The van der Waals surface area contributed by atoms with E-state index in [0.29, 0.717) is 13.2 Å². The van der Waals surface area contributed by atoms with Gasteiger partial charge in [-0.15, -0.1) is 0 Å². The second-order valence-corrected chi connectivity index (χ2v) is 7.90. The monoisotopic (exact) mass is 388 g/mol. The molecular formula is C18H37NaO5S. The third-order valence-electron chi connectivity index (χ3n) is 3.99. The van der Waals surface area contributed by atoms with Gasteiger partial charge in [0.05, 0.1) is 35.7 Å². The maximum absolute atomic E-state index is 10.3. The van der Waals surface area contributed by atoms with Crippen LogP contribution in [0.4, 0.5) is 0 Å². The molecule has 0 radical (unpaired) electrons. The Bertz CT molecular complexity index is 349. The average Bonchev–Trinajstić information content (AvgIpc) is 2.52.